The molecule has 1 rings (SSSR count). The summed E-state index contributed by atoms with van der Waals surface area (Å²) >= 11 is 1.77. The minimum atomic E-state index is 0.455. The molecule has 16 heavy (non-hydrogen) atoms. The Labute approximate surface area is 101 Å². The number of aromatic nitrogens is 2. The molecule has 0 aliphatic carbocycles. The van der Waals surface area contributed by atoms with Crippen molar-refractivity contribution in [2.24, 2.45) is 0 Å². The van der Waals surface area contributed by atoms with Crippen molar-refractivity contribution >= 4 is 17.6 Å². The van der Waals surface area contributed by atoms with Crippen LogP contribution in [0.1, 0.15) is 25.6 Å². The molecule has 0 unspecified atom stereocenters. The second-order valence-corrected chi connectivity index (χ2v) is 4.51. The van der Waals surface area contributed by atoms with Gasteiger partial charge in [-0.1, -0.05) is 13.3 Å². The topological polar surface area (TPSA) is 47.0 Å². The van der Waals surface area contributed by atoms with E-state index < -0.39 is 0 Å². The number of anilines is 1. The smallest absolute Gasteiger partial charge is 0.157 e. The van der Waals surface area contributed by atoms with Gasteiger partial charge in [-0.15, -0.1) is 11.8 Å². The van der Waals surface area contributed by atoms with Crippen LogP contribution in [0.4, 0.5) is 5.82 Å². The summed E-state index contributed by atoms with van der Waals surface area (Å²) < 4.78 is 5.05. The lowest BCUT2D eigenvalue weighted by Gasteiger charge is -2.06. The number of methoxy groups -OCH3 is 1. The lowest BCUT2D eigenvalue weighted by molar-refractivity contribution is 0.177. The molecule has 0 amide bonds. The van der Waals surface area contributed by atoms with Gasteiger partial charge >= 0.3 is 0 Å². The van der Waals surface area contributed by atoms with Crippen LogP contribution in [-0.4, -0.2) is 29.9 Å². The second kappa shape index (κ2) is 7.46. The number of nitrogens with one attached hydrogen (secondary N) is 1. The van der Waals surface area contributed by atoms with E-state index in [1.807, 2.05) is 13.1 Å². The van der Waals surface area contributed by atoms with Crippen LogP contribution in [0.25, 0.3) is 0 Å². The summed E-state index contributed by atoms with van der Waals surface area (Å²) in [4.78, 5) is 8.74. The lowest BCUT2D eigenvalue weighted by Crippen LogP contribution is -2.02. The minimum Gasteiger partial charge on any atom is -0.377 e. The molecule has 1 N–H and O–H groups in total. The molecule has 0 fully saturated rings. The number of hydrogen-bond acceptors (Lipinski definition) is 5. The van der Waals surface area contributed by atoms with Crippen molar-refractivity contribution in [1.29, 1.82) is 0 Å². The van der Waals surface area contributed by atoms with E-state index >= 15 is 0 Å². The molecule has 0 aliphatic rings. The highest BCUT2D eigenvalue weighted by atomic mass is 32.2. The van der Waals surface area contributed by atoms with Crippen molar-refractivity contribution in [1.82, 2.24) is 9.97 Å². The molecule has 1 aromatic heterocycles. The van der Waals surface area contributed by atoms with Crippen LogP contribution in [0, 0.1) is 0 Å². The van der Waals surface area contributed by atoms with Crippen LogP contribution in [0.15, 0.2) is 11.1 Å². The van der Waals surface area contributed by atoms with E-state index in [1.54, 1.807) is 18.9 Å². The number of unbranched alkanes of at least 4 members (excludes halogenated alkanes) is 1. The van der Waals surface area contributed by atoms with Crippen LogP contribution in [0.2, 0.25) is 0 Å². The van der Waals surface area contributed by atoms with E-state index in [4.69, 9.17) is 4.74 Å². The van der Waals surface area contributed by atoms with E-state index in [0.29, 0.717) is 6.61 Å². The molecule has 0 saturated carbocycles. The van der Waals surface area contributed by atoms with Gasteiger partial charge in [-0.2, -0.15) is 0 Å². The maximum absolute atomic E-state index is 5.05. The Morgan fingerprint density at radius 2 is 2.25 bits per heavy atom. The molecule has 0 aromatic carbocycles. The fourth-order valence-corrected chi connectivity index (χ4v) is 2.20. The minimum absolute atomic E-state index is 0.455. The van der Waals surface area contributed by atoms with Gasteiger partial charge in [0, 0.05) is 20.2 Å². The fourth-order valence-electron chi connectivity index (χ4n) is 1.19. The molecule has 0 saturated heterocycles. The standard InChI is InChI=1S/C11H19N3OS/c1-4-5-6-16-11-7-9(12-2)13-10(14-11)8-15-3/h7H,4-6,8H2,1-3H3,(H,12,13,14). The van der Waals surface area contributed by atoms with Crippen LogP contribution < -0.4 is 5.32 Å². The largest absolute Gasteiger partial charge is 0.377 e. The van der Waals surface area contributed by atoms with Gasteiger partial charge < -0.3 is 10.1 Å². The number of rotatable bonds is 7. The summed E-state index contributed by atoms with van der Waals surface area (Å²) in [5, 5.41) is 4.05. The van der Waals surface area contributed by atoms with Gasteiger partial charge in [0.2, 0.25) is 0 Å². The predicted molar refractivity (Wildman–Crippen MR) is 67.9 cm³/mol. The van der Waals surface area contributed by atoms with Crippen molar-refractivity contribution in [2.75, 3.05) is 25.2 Å². The number of thioether (sulfide) groups is 1. The molecule has 5 heteroatoms. The highest BCUT2D eigenvalue weighted by molar-refractivity contribution is 7.99. The van der Waals surface area contributed by atoms with Gasteiger partial charge in [0.25, 0.3) is 0 Å². The Bertz CT molecular complexity index is 320. The summed E-state index contributed by atoms with van der Waals surface area (Å²) in [6.07, 6.45) is 2.42. The Morgan fingerprint density at radius 1 is 1.44 bits per heavy atom. The normalized spacial score (nSPS) is 10.4. The number of nitrogens with zero attached hydrogens (tertiary/aromatic N) is 2. The highest BCUT2D eigenvalue weighted by Crippen LogP contribution is 2.19. The molecule has 4 nitrogen and oxygen atoms in total. The van der Waals surface area contributed by atoms with Gasteiger partial charge in [0.15, 0.2) is 5.82 Å². The molecular formula is C11H19N3OS. The van der Waals surface area contributed by atoms with E-state index in [0.717, 1.165) is 22.4 Å². The first-order valence-corrected chi connectivity index (χ1v) is 6.46. The Morgan fingerprint density at radius 3 is 2.88 bits per heavy atom. The highest BCUT2D eigenvalue weighted by Gasteiger charge is 2.03. The van der Waals surface area contributed by atoms with Crippen LogP contribution in [0.5, 0.6) is 0 Å². The van der Waals surface area contributed by atoms with E-state index in [9.17, 15) is 0 Å². The zero-order valence-corrected chi connectivity index (χ0v) is 10.9. The van der Waals surface area contributed by atoms with E-state index in [-0.39, 0.29) is 0 Å². The molecule has 0 spiro atoms. The summed E-state index contributed by atoms with van der Waals surface area (Å²) in [5.41, 5.74) is 0. The molecular weight excluding hydrogens is 222 g/mol. The first-order valence-electron chi connectivity index (χ1n) is 5.47. The third kappa shape index (κ3) is 4.37. The molecule has 0 bridgehead atoms. The van der Waals surface area contributed by atoms with Crippen molar-refractivity contribution in [3.05, 3.63) is 11.9 Å². The average Bonchev–Trinajstić information content (AvgIpc) is 2.29. The van der Waals surface area contributed by atoms with Gasteiger partial charge in [-0.3, -0.25) is 0 Å². The maximum atomic E-state index is 5.05. The van der Waals surface area contributed by atoms with Crippen LogP contribution >= 0.6 is 11.8 Å². The predicted octanol–water partition coefficient (Wildman–Crippen LogP) is 2.56. The monoisotopic (exact) mass is 241 g/mol. The van der Waals surface area contributed by atoms with Crippen molar-refractivity contribution < 1.29 is 4.74 Å². The third-order valence-electron chi connectivity index (χ3n) is 2.03. The quantitative estimate of drug-likeness (QED) is 0.451. The Balaban J connectivity index is 2.69. The Hall–Kier alpha value is -0.810. The van der Waals surface area contributed by atoms with Crippen LogP contribution in [-0.2, 0) is 11.3 Å². The zero-order chi connectivity index (χ0) is 11.8. The van der Waals surface area contributed by atoms with Gasteiger partial charge in [-0.05, 0) is 12.2 Å². The molecule has 1 heterocycles. The van der Waals surface area contributed by atoms with Gasteiger partial charge in [0.05, 0.1) is 0 Å². The molecule has 0 aliphatic heterocycles. The summed E-state index contributed by atoms with van der Waals surface area (Å²) in [7, 11) is 3.51. The fraction of sp³-hybridized carbons (Fsp3) is 0.636. The van der Waals surface area contributed by atoms with E-state index in [2.05, 4.69) is 22.2 Å². The zero-order valence-electron chi connectivity index (χ0n) is 10.1. The van der Waals surface area contributed by atoms with Crippen molar-refractivity contribution in [2.45, 2.75) is 31.4 Å². The average molecular weight is 241 g/mol. The second-order valence-electron chi connectivity index (χ2n) is 3.39. The lowest BCUT2D eigenvalue weighted by atomic mass is 10.4. The summed E-state index contributed by atoms with van der Waals surface area (Å²) in [5.74, 6) is 2.68. The molecule has 1 aromatic rings. The SMILES string of the molecule is CCCCSc1cc(NC)nc(COC)n1. The third-order valence-corrected chi connectivity index (χ3v) is 3.02. The van der Waals surface area contributed by atoms with Gasteiger partial charge in [0.1, 0.15) is 17.5 Å². The van der Waals surface area contributed by atoms with Gasteiger partial charge in [-0.25, -0.2) is 9.97 Å². The first-order chi connectivity index (χ1) is 7.80. The van der Waals surface area contributed by atoms with E-state index in [1.165, 1.54) is 12.8 Å². The number of hydrogen-bond donors (Lipinski definition) is 1. The van der Waals surface area contributed by atoms with Crippen molar-refractivity contribution in [3.63, 3.8) is 0 Å². The summed E-state index contributed by atoms with van der Waals surface area (Å²) in [6, 6.07) is 1.97. The number of ether oxygens (including phenoxy) is 1. The molecule has 0 atom stereocenters. The molecule has 0 radical (unpaired) electrons. The van der Waals surface area contributed by atoms with Crippen LogP contribution in [0.3, 0.4) is 0 Å². The maximum Gasteiger partial charge on any atom is 0.157 e. The molecule has 90 valence electrons. The first kappa shape index (κ1) is 13.3. The summed E-state index contributed by atoms with van der Waals surface area (Å²) in [6.45, 7) is 2.65. The van der Waals surface area contributed by atoms with Crippen molar-refractivity contribution in [3.8, 4) is 0 Å². The Kier molecular flexibility index (Phi) is 6.18.